The van der Waals surface area contributed by atoms with Gasteiger partial charge in [-0.1, -0.05) is 28.1 Å². The van der Waals surface area contributed by atoms with Gasteiger partial charge in [-0.15, -0.1) is 0 Å². The van der Waals surface area contributed by atoms with E-state index in [1.54, 1.807) is 4.90 Å². The topological polar surface area (TPSA) is 40.5 Å². The van der Waals surface area contributed by atoms with Crippen LogP contribution in [0.1, 0.15) is 24.8 Å². The van der Waals surface area contributed by atoms with Gasteiger partial charge in [0.2, 0.25) is 5.91 Å². The van der Waals surface area contributed by atoms with Crippen molar-refractivity contribution < 1.29 is 9.90 Å². The van der Waals surface area contributed by atoms with Crippen LogP contribution in [0.3, 0.4) is 0 Å². The SMILES string of the molecule is CN(Cc1ccc(Br)cc1)C(=O)CCCCO. The molecule has 0 fully saturated rings. The summed E-state index contributed by atoms with van der Waals surface area (Å²) >= 11 is 3.38. The van der Waals surface area contributed by atoms with Crippen molar-refractivity contribution in [2.75, 3.05) is 13.7 Å². The zero-order valence-electron chi connectivity index (χ0n) is 10.0. The summed E-state index contributed by atoms with van der Waals surface area (Å²) in [5.74, 6) is 0.126. The van der Waals surface area contributed by atoms with Crippen LogP contribution in [0.5, 0.6) is 0 Å². The highest BCUT2D eigenvalue weighted by Gasteiger charge is 2.08. The van der Waals surface area contributed by atoms with E-state index in [9.17, 15) is 4.79 Å². The van der Waals surface area contributed by atoms with E-state index >= 15 is 0 Å². The molecule has 0 radical (unpaired) electrons. The van der Waals surface area contributed by atoms with Crippen LogP contribution in [0.2, 0.25) is 0 Å². The predicted molar refractivity (Wildman–Crippen MR) is 71.6 cm³/mol. The molecule has 1 amide bonds. The van der Waals surface area contributed by atoms with Crippen molar-refractivity contribution in [1.82, 2.24) is 4.90 Å². The smallest absolute Gasteiger partial charge is 0.222 e. The molecular formula is C13H18BrNO2. The van der Waals surface area contributed by atoms with E-state index in [0.717, 1.165) is 16.5 Å². The third-order valence-electron chi connectivity index (χ3n) is 2.56. The van der Waals surface area contributed by atoms with Crippen LogP contribution in [-0.2, 0) is 11.3 Å². The predicted octanol–water partition coefficient (Wildman–Crippen LogP) is 2.57. The monoisotopic (exact) mass is 299 g/mol. The molecule has 1 N–H and O–H groups in total. The van der Waals surface area contributed by atoms with Crippen LogP contribution in [0.15, 0.2) is 28.7 Å². The minimum absolute atomic E-state index is 0.126. The normalized spacial score (nSPS) is 10.3. The van der Waals surface area contributed by atoms with E-state index in [0.29, 0.717) is 19.4 Å². The Morgan fingerprint density at radius 1 is 1.29 bits per heavy atom. The summed E-state index contributed by atoms with van der Waals surface area (Å²) in [6.07, 6.45) is 1.95. The lowest BCUT2D eigenvalue weighted by Gasteiger charge is -2.17. The van der Waals surface area contributed by atoms with Crippen molar-refractivity contribution in [3.05, 3.63) is 34.3 Å². The number of carbonyl (C=O) groups excluding carboxylic acids is 1. The number of aliphatic hydroxyl groups is 1. The molecule has 1 aromatic carbocycles. The summed E-state index contributed by atoms with van der Waals surface area (Å²) in [7, 11) is 1.81. The number of carbonyl (C=O) groups is 1. The molecule has 0 aliphatic rings. The minimum Gasteiger partial charge on any atom is -0.396 e. The Hall–Kier alpha value is -0.870. The largest absolute Gasteiger partial charge is 0.396 e. The second kappa shape index (κ2) is 7.45. The Kier molecular flexibility index (Phi) is 6.22. The quantitative estimate of drug-likeness (QED) is 0.820. The number of hydrogen-bond donors (Lipinski definition) is 1. The van der Waals surface area contributed by atoms with Gasteiger partial charge in [0.25, 0.3) is 0 Å². The fourth-order valence-corrected chi connectivity index (χ4v) is 1.80. The summed E-state index contributed by atoms with van der Waals surface area (Å²) in [6, 6.07) is 7.95. The molecule has 4 heteroatoms. The lowest BCUT2D eigenvalue weighted by molar-refractivity contribution is -0.130. The van der Waals surface area contributed by atoms with Crippen molar-refractivity contribution >= 4 is 21.8 Å². The van der Waals surface area contributed by atoms with Crippen molar-refractivity contribution in [3.8, 4) is 0 Å². The third-order valence-corrected chi connectivity index (χ3v) is 3.09. The van der Waals surface area contributed by atoms with Gasteiger partial charge in [-0.2, -0.15) is 0 Å². The van der Waals surface area contributed by atoms with Gasteiger partial charge >= 0.3 is 0 Å². The van der Waals surface area contributed by atoms with Gasteiger partial charge in [0.05, 0.1) is 0 Å². The van der Waals surface area contributed by atoms with Crippen molar-refractivity contribution in [2.45, 2.75) is 25.8 Å². The first-order chi connectivity index (χ1) is 8.13. The highest BCUT2D eigenvalue weighted by atomic mass is 79.9. The molecule has 94 valence electrons. The van der Waals surface area contributed by atoms with E-state index < -0.39 is 0 Å². The molecule has 17 heavy (non-hydrogen) atoms. The fourth-order valence-electron chi connectivity index (χ4n) is 1.53. The van der Waals surface area contributed by atoms with Gasteiger partial charge in [0.1, 0.15) is 0 Å². The molecule has 0 spiro atoms. The maximum atomic E-state index is 11.7. The van der Waals surface area contributed by atoms with E-state index in [1.807, 2.05) is 31.3 Å². The average molecular weight is 300 g/mol. The van der Waals surface area contributed by atoms with Gasteiger partial charge in [0, 0.05) is 31.1 Å². The lowest BCUT2D eigenvalue weighted by atomic mass is 10.2. The molecule has 0 aromatic heterocycles. The molecule has 0 aliphatic carbocycles. The van der Waals surface area contributed by atoms with Crippen molar-refractivity contribution in [1.29, 1.82) is 0 Å². The average Bonchev–Trinajstić information content (AvgIpc) is 2.32. The van der Waals surface area contributed by atoms with E-state index in [1.165, 1.54) is 0 Å². The number of halogens is 1. The molecule has 1 aromatic rings. The van der Waals surface area contributed by atoms with E-state index in [2.05, 4.69) is 15.9 Å². The molecule has 1 rings (SSSR count). The number of rotatable bonds is 6. The Labute approximate surface area is 111 Å². The summed E-state index contributed by atoms with van der Waals surface area (Å²) in [5, 5.41) is 8.65. The zero-order valence-corrected chi connectivity index (χ0v) is 11.6. The maximum absolute atomic E-state index is 11.7. The number of hydrogen-bond acceptors (Lipinski definition) is 2. The number of unbranched alkanes of at least 4 members (excludes halogenated alkanes) is 1. The Morgan fingerprint density at radius 3 is 2.53 bits per heavy atom. The molecule has 0 saturated carbocycles. The van der Waals surface area contributed by atoms with Crippen LogP contribution in [-0.4, -0.2) is 29.6 Å². The molecule has 0 heterocycles. The van der Waals surface area contributed by atoms with Gasteiger partial charge in [-0.05, 0) is 30.5 Å². The van der Waals surface area contributed by atoms with Crippen LogP contribution in [0, 0.1) is 0 Å². The first kappa shape index (κ1) is 14.2. The van der Waals surface area contributed by atoms with Crippen LogP contribution in [0.4, 0.5) is 0 Å². The number of nitrogens with zero attached hydrogens (tertiary/aromatic N) is 1. The van der Waals surface area contributed by atoms with Crippen LogP contribution >= 0.6 is 15.9 Å². The highest BCUT2D eigenvalue weighted by molar-refractivity contribution is 9.10. The first-order valence-corrected chi connectivity index (χ1v) is 6.52. The standard InChI is InChI=1S/C13H18BrNO2/c1-15(13(17)4-2-3-9-16)10-11-5-7-12(14)8-6-11/h5-8,16H,2-4,9-10H2,1H3. The van der Waals surface area contributed by atoms with Crippen LogP contribution < -0.4 is 0 Å². The first-order valence-electron chi connectivity index (χ1n) is 5.72. The maximum Gasteiger partial charge on any atom is 0.222 e. The number of benzene rings is 1. The second-order valence-corrected chi connectivity index (χ2v) is 4.97. The summed E-state index contributed by atoms with van der Waals surface area (Å²) in [4.78, 5) is 13.4. The van der Waals surface area contributed by atoms with Crippen molar-refractivity contribution in [3.63, 3.8) is 0 Å². The lowest BCUT2D eigenvalue weighted by Crippen LogP contribution is -2.25. The highest BCUT2D eigenvalue weighted by Crippen LogP contribution is 2.12. The third kappa shape index (κ3) is 5.33. The Balaban J connectivity index is 2.40. The summed E-state index contributed by atoms with van der Waals surface area (Å²) < 4.78 is 1.04. The zero-order chi connectivity index (χ0) is 12.7. The Bertz CT molecular complexity index is 351. The molecule has 0 aliphatic heterocycles. The van der Waals surface area contributed by atoms with E-state index in [-0.39, 0.29) is 12.5 Å². The summed E-state index contributed by atoms with van der Waals surface area (Å²) in [5.41, 5.74) is 1.12. The molecule has 0 atom stereocenters. The van der Waals surface area contributed by atoms with Gasteiger partial charge in [-0.25, -0.2) is 0 Å². The van der Waals surface area contributed by atoms with Crippen LogP contribution in [0.25, 0.3) is 0 Å². The second-order valence-electron chi connectivity index (χ2n) is 4.06. The summed E-state index contributed by atoms with van der Waals surface area (Å²) in [6.45, 7) is 0.787. The van der Waals surface area contributed by atoms with Gasteiger partial charge in [0.15, 0.2) is 0 Å². The molecule has 0 saturated heterocycles. The number of aliphatic hydroxyl groups excluding tert-OH is 1. The molecule has 3 nitrogen and oxygen atoms in total. The van der Waals surface area contributed by atoms with Crippen molar-refractivity contribution in [2.24, 2.45) is 0 Å². The molecule has 0 bridgehead atoms. The number of amides is 1. The fraction of sp³-hybridized carbons (Fsp3) is 0.462. The van der Waals surface area contributed by atoms with Gasteiger partial charge in [-0.3, -0.25) is 4.79 Å². The Morgan fingerprint density at radius 2 is 1.94 bits per heavy atom. The van der Waals surface area contributed by atoms with Gasteiger partial charge < -0.3 is 10.0 Å². The molecular weight excluding hydrogens is 282 g/mol. The molecule has 0 unspecified atom stereocenters. The minimum atomic E-state index is 0.126. The van der Waals surface area contributed by atoms with E-state index in [4.69, 9.17) is 5.11 Å².